The van der Waals surface area contributed by atoms with Gasteiger partial charge in [-0.3, -0.25) is 4.79 Å². The van der Waals surface area contributed by atoms with Crippen molar-refractivity contribution >= 4 is 11.6 Å². The van der Waals surface area contributed by atoms with E-state index >= 15 is 0 Å². The Hall–Kier alpha value is -2.73. The number of quaternary nitrogens is 1. The molecular formula is C24H32N3O3+. The van der Waals surface area contributed by atoms with Crippen LogP contribution >= 0.6 is 0 Å². The molecule has 0 saturated carbocycles. The third kappa shape index (κ3) is 4.54. The Morgan fingerprint density at radius 2 is 1.83 bits per heavy atom. The Balaban J connectivity index is 1.28. The van der Waals surface area contributed by atoms with Crippen LogP contribution in [0.4, 0.5) is 5.69 Å². The molecule has 2 heterocycles. The highest BCUT2D eigenvalue weighted by molar-refractivity contribution is 5.77. The Morgan fingerprint density at radius 3 is 2.60 bits per heavy atom. The number of rotatable bonds is 5. The van der Waals surface area contributed by atoms with Crippen molar-refractivity contribution in [1.29, 1.82) is 0 Å². The van der Waals surface area contributed by atoms with Gasteiger partial charge in [0.15, 0.2) is 18.0 Å². The number of amides is 1. The zero-order valence-corrected chi connectivity index (χ0v) is 18.2. The predicted octanol–water partition coefficient (Wildman–Crippen LogP) is 1.66. The summed E-state index contributed by atoms with van der Waals surface area (Å²) in [7, 11) is 0. The van der Waals surface area contributed by atoms with E-state index in [0.717, 1.165) is 43.2 Å². The van der Waals surface area contributed by atoms with Gasteiger partial charge in [0, 0.05) is 5.69 Å². The summed E-state index contributed by atoms with van der Waals surface area (Å²) < 4.78 is 11.2. The third-order valence-electron chi connectivity index (χ3n) is 6.24. The molecule has 1 amide bonds. The number of hydrogen-bond donors (Lipinski definition) is 2. The second-order valence-electron chi connectivity index (χ2n) is 8.33. The van der Waals surface area contributed by atoms with Gasteiger partial charge in [-0.2, -0.15) is 0 Å². The van der Waals surface area contributed by atoms with Gasteiger partial charge in [0.2, 0.25) is 0 Å². The van der Waals surface area contributed by atoms with Crippen molar-refractivity contribution in [3.05, 3.63) is 53.1 Å². The van der Waals surface area contributed by atoms with Crippen molar-refractivity contribution < 1.29 is 19.2 Å². The number of aryl methyl sites for hydroxylation is 1. The highest BCUT2D eigenvalue weighted by Gasteiger charge is 2.24. The van der Waals surface area contributed by atoms with Gasteiger partial charge in [-0.15, -0.1) is 0 Å². The van der Waals surface area contributed by atoms with Gasteiger partial charge >= 0.3 is 0 Å². The number of hydrogen-bond acceptors (Lipinski definition) is 4. The number of nitrogens with zero attached hydrogens (tertiary/aromatic N) is 1. The van der Waals surface area contributed by atoms with Crippen LogP contribution in [0.2, 0.25) is 0 Å². The average molecular weight is 411 g/mol. The molecule has 1 atom stereocenters. The Bertz CT molecular complexity index is 907. The van der Waals surface area contributed by atoms with Crippen molar-refractivity contribution in [3.8, 4) is 11.5 Å². The van der Waals surface area contributed by atoms with Crippen LogP contribution in [-0.4, -0.2) is 51.8 Å². The quantitative estimate of drug-likeness (QED) is 0.787. The highest BCUT2D eigenvalue weighted by atomic mass is 16.6. The molecular weight excluding hydrogens is 378 g/mol. The molecule has 4 rings (SSSR count). The predicted molar refractivity (Wildman–Crippen MR) is 118 cm³/mol. The molecule has 1 fully saturated rings. The Morgan fingerprint density at radius 1 is 1.10 bits per heavy atom. The van der Waals surface area contributed by atoms with Crippen LogP contribution < -0.4 is 24.6 Å². The van der Waals surface area contributed by atoms with Gasteiger partial charge < -0.3 is 24.6 Å². The average Bonchev–Trinajstić information content (AvgIpc) is 2.76. The smallest absolute Gasteiger partial charge is 0.275 e. The fourth-order valence-corrected chi connectivity index (χ4v) is 4.25. The highest BCUT2D eigenvalue weighted by Crippen LogP contribution is 2.32. The molecule has 1 saturated heterocycles. The van der Waals surface area contributed by atoms with E-state index in [1.54, 1.807) is 0 Å². The molecule has 6 nitrogen and oxygen atoms in total. The molecule has 2 aromatic carbocycles. The molecule has 0 radical (unpaired) electrons. The molecule has 0 aliphatic carbocycles. The summed E-state index contributed by atoms with van der Waals surface area (Å²) in [6, 6.07) is 12.3. The van der Waals surface area contributed by atoms with Crippen LogP contribution in [0, 0.1) is 13.8 Å². The van der Waals surface area contributed by atoms with Crippen molar-refractivity contribution in [2.45, 2.75) is 26.8 Å². The van der Waals surface area contributed by atoms with Crippen molar-refractivity contribution in [1.82, 2.24) is 5.32 Å². The standard InChI is InChI=1S/C24H31N3O3/c1-17-5-4-6-21(18(17)2)27-11-9-26(10-12-27)16-24(28)25-19(3)20-7-8-22-23(15-20)30-14-13-29-22/h4-8,15,19H,9-14,16H2,1-3H3,(H,25,28)/p+1/t19-/m1/s1. The summed E-state index contributed by atoms with van der Waals surface area (Å²) in [6.45, 7) is 11.9. The van der Waals surface area contributed by atoms with Crippen LogP contribution in [0.5, 0.6) is 11.5 Å². The summed E-state index contributed by atoms with van der Waals surface area (Å²) in [6.07, 6.45) is 0. The van der Waals surface area contributed by atoms with E-state index in [1.807, 2.05) is 25.1 Å². The lowest BCUT2D eigenvalue weighted by atomic mass is 10.1. The number of fused-ring (bicyclic) bond motifs is 1. The fourth-order valence-electron chi connectivity index (χ4n) is 4.25. The first kappa shape index (κ1) is 20.5. The number of carbonyl (C=O) groups excluding carboxylic acids is 1. The summed E-state index contributed by atoms with van der Waals surface area (Å²) in [5.41, 5.74) is 5.04. The zero-order valence-electron chi connectivity index (χ0n) is 18.2. The minimum absolute atomic E-state index is 0.0658. The normalized spacial score (nSPS) is 17.5. The van der Waals surface area contributed by atoms with E-state index in [1.165, 1.54) is 21.7 Å². The molecule has 160 valence electrons. The van der Waals surface area contributed by atoms with Gasteiger partial charge in [0.25, 0.3) is 5.91 Å². The van der Waals surface area contributed by atoms with Gasteiger partial charge in [-0.05, 0) is 55.7 Å². The molecule has 0 aromatic heterocycles. The molecule has 2 aliphatic heterocycles. The number of ether oxygens (including phenoxy) is 2. The molecule has 6 heteroatoms. The number of piperazine rings is 1. The van der Waals surface area contributed by atoms with Crippen LogP contribution in [0.3, 0.4) is 0 Å². The summed E-state index contributed by atoms with van der Waals surface area (Å²) in [5.74, 6) is 1.62. The first-order valence-electron chi connectivity index (χ1n) is 10.8. The van der Waals surface area contributed by atoms with Crippen molar-refractivity contribution in [2.75, 3.05) is 50.8 Å². The number of anilines is 1. The van der Waals surface area contributed by atoms with E-state index in [4.69, 9.17) is 9.47 Å². The molecule has 0 spiro atoms. The van der Waals surface area contributed by atoms with E-state index in [2.05, 4.69) is 42.3 Å². The lowest BCUT2D eigenvalue weighted by Crippen LogP contribution is -3.16. The van der Waals surface area contributed by atoms with Crippen LogP contribution in [0.25, 0.3) is 0 Å². The first-order valence-corrected chi connectivity index (χ1v) is 10.8. The van der Waals surface area contributed by atoms with Gasteiger partial charge in [-0.25, -0.2) is 0 Å². The van der Waals surface area contributed by atoms with Gasteiger partial charge in [0.05, 0.1) is 32.2 Å². The zero-order chi connectivity index (χ0) is 21.1. The molecule has 30 heavy (non-hydrogen) atoms. The van der Waals surface area contributed by atoms with E-state index < -0.39 is 0 Å². The van der Waals surface area contributed by atoms with Crippen LogP contribution in [0.1, 0.15) is 29.7 Å². The SMILES string of the molecule is Cc1cccc(N2CC[NH+](CC(=O)N[C@H](C)c3ccc4c(c3)OCCO4)CC2)c1C. The van der Waals surface area contributed by atoms with Crippen molar-refractivity contribution in [3.63, 3.8) is 0 Å². The van der Waals surface area contributed by atoms with Crippen LogP contribution in [-0.2, 0) is 4.79 Å². The minimum Gasteiger partial charge on any atom is -0.486 e. The number of benzene rings is 2. The largest absolute Gasteiger partial charge is 0.486 e. The molecule has 0 unspecified atom stereocenters. The topological polar surface area (TPSA) is 55.2 Å². The van der Waals surface area contributed by atoms with E-state index in [0.29, 0.717) is 19.8 Å². The van der Waals surface area contributed by atoms with E-state index in [-0.39, 0.29) is 11.9 Å². The van der Waals surface area contributed by atoms with Gasteiger partial charge in [0.1, 0.15) is 13.2 Å². The molecule has 2 N–H and O–H groups in total. The first-order chi connectivity index (χ1) is 14.5. The van der Waals surface area contributed by atoms with Crippen molar-refractivity contribution in [2.24, 2.45) is 0 Å². The van der Waals surface area contributed by atoms with Gasteiger partial charge in [-0.1, -0.05) is 18.2 Å². The third-order valence-corrected chi connectivity index (χ3v) is 6.24. The Labute approximate surface area is 178 Å². The second-order valence-corrected chi connectivity index (χ2v) is 8.33. The maximum atomic E-state index is 12.6. The lowest BCUT2D eigenvalue weighted by Gasteiger charge is -2.34. The molecule has 2 aromatic rings. The molecule has 2 aliphatic rings. The van der Waals surface area contributed by atoms with E-state index in [9.17, 15) is 4.79 Å². The fraction of sp³-hybridized carbons (Fsp3) is 0.458. The lowest BCUT2D eigenvalue weighted by molar-refractivity contribution is -0.892. The molecule has 0 bridgehead atoms. The number of carbonyl (C=O) groups is 1. The van der Waals surface area contributed by atoms with Crippen LogP contribution in [0.15, 0.2) is 36.4 Å². The maximum Gasteiger partial charge on any atom is 0.275 e. The maximum absolute atomic E-state index is 12.6. The minimum atomic E-state index is -0.0658. The Kier molecular flexibility index (Phi) is 6.13. The summed E-state index contributed by atoms with van der Waals surface area (Å²) in [4.78, 5) is 16.4. The summed E-state index contributed by atoms with van der Waals surface area (Å²) in [5, 5.41) is 3.14. The monoisotopic (exact) mass is 410 g/mol. The number of nitrogens with one attached hydrogen (secondary N) is 2. The second kappa shape index (κ2) is 8.96. The summed E-state index contributed by atoms with van der Waals surface area (Å²) >= 11 is 0.